The highest BCUT2D eigenvalue weighted by Gasteiger charge is 2.11. The minimum atomic E-state index is 0.741. The Balaban J connectivity index is 1.81. The van der Waals surface area contributed by atoms with Crippen molar-refractivity contribution in [3.8, 4) is 5.75 Å². The van der Waals surface area contributed by atoms with E-state index in [9.17, 15) is 0 Å². The SMILES string of the molecule is COc1cccc(Cn2c(C=Cc3ccccc3)nc3cc(C)c(C)cc32)c1. The van der Waals surface area contributed by atoms with Crippen molar-refractivity contribution in [2.75, 3.05) is 7.11 Å². The molecule has 3 nitrogen and oxygen atoms in total. The number of hydrogen-bond donors (Lipinski definition) is 0. The van der Waals surface area contributed by atoms with Gasteiger partial charge in [-0.25, -0.2) is 4.98 Å². The Bertz CT molecular complexity index is 1140. The number of imidazole rings is 1. The average molecular weight is 368 g/mol. The van der Waals surface area contributed by atoms with E-state index in [-0.39, 0.29) is 0 Å². The number of fused-ring (bicyclic) bond motifs is 1. The van der Waals surface area contributed by atoms with Gasteiger partial charge in [-0.15, -0.1) is 0 Å². The van der Waals surface area contributed by atoms with Crippen LogP contribution in [0.25, 0.3) is 23.2 Å². The lowest BCUT2D eigenvalue weighted by molar-refractivity contribution is 0.414. The Hall–Kier alpha value is -3.33. The molecule has 4 rings (SSSR count). The molecule has 0 saturated heterocycles. The summed E-state index contributed by atoms with van der Waals surface area (Å²) in [6.07, 6.45) is 4.21. The van der Waals surface area contributed by atoms with Gasteiger partial charge in [0, 0.05) is 6.54 Å². The van der Waals surface area contributed by atoms with Crippen LogP contribution in [0.15, 0.2) is 66.7 Å². The van der Waals surface area contributed by atoms with Gasteiger partial charge in [0.25, 0.3) is 0 Å². The molecule has 0 aliphatic carbocycles. The summed E-state index contributed by atoms with van der Waals surface area (Å²) in [5.41, 5.74) is 7.06. The Labute approximate surface area is 165 Å². The van der Waals surface area contributed by atoms with Gasteiger partial charge < -0.3 is 9.30 Å². The molecule has 3 heteroatoms. The molecular formula is C25H24N2O. The fraction of sp³-hybridized carbons (Fsp3) is 0.160. The summed E-state index contributed by atoms with van der Waals surface area (Å²) in [5, 5.41) is 0. The van der Waals surface area contributed by atoms with Crippen LogP contribution in [0.5, 0.6) is 5.75 Å². The van der Waals surface area contributed by atoms with Crippen molar-refractivity contribution in [1.82, 2.24) is 9.55 Å². The molecule has 28 heavy (non-hydrogen) atoms. The van der Waals surface area contributed by atoms with E-state index in [0.717, 1.165) is 34.7 Å². The van der Waals surface area contributed by atoms with Crippen LogP contribution < -0.4 is 4.74 Å². The van der Waals surface area contributed by atoms with E-state index >= 15 is 0 Å². The first kappa shape index (κ1) is 18.1. The fourth-order valence-electron chi connectivity index (χ4n) is 3.38. The Morgan fingerprint density at radius 1 is 0.893 bits per heavy atom. The molecular weight excluding hydrogens is 344 g/mol. The molecule has 3 aromatic carbocycles. The summed E-state index contributed by atoms with van der Waals surface area (Å²) >= 11 is 0. The zero-order valence-corrected chi connectivity index (χ0v) is 16.5. The minimum absolute atomic E-state index is 0.741. The molecule has 4 aromatic rings. The van der Waals surface area contributed by atoms with Crippen molar-refractivity contribution in [2.24, 2.45) is 0 Å². The molecule has 1 aromatic heterocycles. The van der Waals surface area contributed by atoms with Crippen molar-refractivity contribution in [3.63, 3.8) is 0 Å². The third kappa shape index (κ3) is 3.70. The zero-order valence-electron chi connectivity index (χ0n) is 16.5. The van der Waals surface area contributed by atoms with Gasteiger partial charge in [-0.1, -0.05) is 48.5 Å². The maximum absolute atomic E-state index is 5.39. The van der Waals surface area contributed by atoms with Gasteiger partial charge in [-0.05, 0) is 66.4 Å². The molecule has 0 atom stereocenters. The van der Waals surface area contributed by atoms with Crippen molar-refractivity contribution in [1.29, 1.82) is 0 Å². The predicted octanol–water partition coefficient (Wildman–Crippen LogP) is 5.88. The normalized spacial score (nSPS) is 11.4. The van der Waals surface area contributed by atoms with E-state index in [0.29, 0.717) is 0 Å². The van der Waals surface area contributed by atoms with Crippen molar-refractivity contribution in [2.45, 2.75) is 20.4 Å². The summed E-state index contributed by atoms with van der Waals surface area (Å²) < 4.78 is 7.67. The first-order valence-corrected chi connectivity index (χ1v) is 9.47. The van der Waals surface area contributed by atoms with Gasteiger partial charge >= 0.3 is 0 Å². The summed E-state index contributed by atoms with van der Waals surface area (Å²) in [6, 6.07) is 22.9. The molecule has 0 bridgehead atoms. The van der Waals surface area contributed by atoms with E-state index in [1.807, 2.05) is 30.3 Å². The Morgan fingerprint density at radius 3 is 2.46 bits per heavy atom. The van der Waals surface area contributed by atoms with E-state index in [4.69, 9.17) is 9.72 Å². The number of ether oxygens (including phenoxy) is 1. The number of aryl methyl sites for hydroxylation is 2. The Morgan fingerprint density at radius 2 is 1.68 bits per heavy atom. The molecule has 0 spiro atoms. The minimum Gasteiger partial charge on any atom is -0.497 e. The van der Waals surface area contributed by atoms with Crippen LogP contribution in [-0.2, 0) is 6.54 Å². The highest BCUT2D eigenvalue weighted by Crippen LogP contribution is 2.24. The first-order valence-electron chi connectivity index (χ1n) is 9.47. The molecule has 0 aliphatic rings. The molecule has 0 saturated carbocycles. The maximum atomic E-state index is 5.39. The monoisotopic (exact) mass is 368 g/mol. The van der Waals surface area contributed by atoms with Crippen LogP contribution in [0.3, 0.4) is 0 Å². The largest absolute Gasteiger partial charge is 0.497 e. The van der Waals surface area contributed by atoms with Crippen LogP contribution in [0.2, 0.25) is 0 Å². The van der Waals surface area contributed by atoms with E-state index in [1.165, 1.54) is 16.7 Å². The van der Waals surface area contributed by atoms with E-state index < -0.39 is 0 Å². The lowest BCUT2D eigenvalue weighted by Crippen LogP contribution is -2.02. The lowest BCUT2D eigenvalue weighted by Gasteiger charge is -2.10. The second-order valence-electron chi connectivity index (χ2n) is 7.08. The molecule has 0 N–H and O–H groups in total. The van der Waals surface area contributed by atoms with E-state index in [1.54, 1.807) is 7.11 Å². The standard InChI is InChI=1S/C25H24N2O/c1-18-14-23-24(15-19(18)2)27(17-21-10-7-11-22(16-21)28-3)25(26-23)13-12-20-8-5-4-6-9-20/h4-16H,17H2,1-3H3. The number of hydrogen-bond acceptors (Lipinski definition) is 2. The van der Waals surface area contributed by atoms with E-state index in [2.05, 4.69) is 67.0 Å². The molecule has 0 unspecified atom stereocenters. The second kappa shape index (κ2) is 7.73. The van der Waals surface area contributed by atoms with Crippen molar-refractivity contribution < 1.29 is 4.74 Å². The number of methoxy groups -OCH3 is 1. The zero-order chi connectivity index (χ0) is 19.5. The van der Waals surface area contributed by atoms with Crippen molar-refractivity contribution >= 4 is 23.2 Å². The molecule has 0 aliphatic heterocycles. The van der Waals surface area contributed by atoms with Crippen LogP contribution in [0.1, 0.15) is 28.1 Å². The Kier molecular flexibility index (Phi) is 4.98. The van der Waals surface area contributed by atoms with Crippen molar-refractivity contribution in [3.05, 3.63) is 94.8 Å². The maximum Gasteiger partial charge on any atom is 0.134 e. The summed E-state index contributed by atoms with van der Waals surface area (Å²) in [7, 11) is 1.70. The summed E-state index contributed by atoms with van der Waals surface area (Å²) in [4.78, 5) is 4.91. The number of benzene rings is 3. The van der Waals surface area contributed by atoms with Crippen LogP contribution in [-0.4, -0.2) is 16.7 Å². The van der Waals surface area contributed by atoms with Gasteiger partial charge in [-0.3, -0.25) is 0 Å². The smallest absolute Gasteiger partial charge is 0.134 e. The molecule has 0 fully saturated rings. The quantitative estimate of drug-likeness (QED) is 0.440. The number of rotatable bonds is 5. The predicted molar refractivity (Wildman–Crippen MR) is 117 cm³/mol. The van der Waals surface area contributed by atoms with Gasteiger partial charge in [-0.2, -0.15) is 0 Å². The molecule has 140 valence electrons. The topological polar surface area (TPSA) is 27.1 Å². The first-order chi connectivity index (χ1) is 13.6. The van der Waals surface area contributed by atoms with Gasteiger partial charge in [0.2, 0.25) is 0 Å². The third-order valence-corrected chi connectivity index (χ3v) is 5.09. The van der Waals surface area contributed by atoms with Gasteiger partial charge in [0.15, 0.2) is 0 Å². The van der Waals surface area contributed by atoms with Gasteiger partial charge in [0.05, 0.1) is 18.1 Å². The highest BCUT2D eigenvalue weighted by molar-refractivity contribution is 5.81. The van der Waals surface area contributed by atoms with Crippen LogP contribution in [0, 0.1) is 13.8 Å². The molecule has 1 heterocycles. The fourth-order valence-corrected chi connectivity index (χ4v) is 3.38. The highest BCUT2D eigenvalue weighted by atomic mass is 16.5. The molecule has 0 amide bonds. The third-order valence-electron chi connectivity index (χ3n) is 5.09. The summed E-state index contributed by atoms with van der Waals surface area (Å²) in [5.74, 6) is 1.82. The number of nitrogens with zero attached hydrogens (tertiary/aromatic N) is 2. The molecule has 0 radical (unpaired) electrons. The average Bonchev–Trinajstić information content (AvgIpc) is 3.04. The van der Waals surface area contributed by atoms with Crippen LogP contribution in [0.4, 0.5) is 0 Å². The second-order valence-corrected chi connectivity index (χ2v) is 7.08. The van der Waals surface area contributed by atoms with Gasteiger partial charge in [0.1, 0.15) is 11.6 Å². The lowest BCUT2D eigenvalue weighted by atomic mass is 10.1. The van der Waals surface area contributed by atoms with Crippen LogP contribution >= 0.6 is 0 Å². The summed E-state index contributed by atoms with van der Waals surface area (Å²) in [6.45, 7) is 5.02. The number of aromatic nitrogens is 2.